The van der Waals surface area contributed by atoms with Gasteiger partial charge < -0.3 is 14.6 Å². The van der Waals surface area contributed by atoms with E-state index in [1.165, 1.54) is 6.92 Å². The maximum atomic E-state index is 12.1. The molecule has 4 nitrogen and oxygen atoms in total. The zero-order valence-corrected chi connectivity index (χ0v) is 8.12. The summed E-state index contributed by atoms with van der Waals surface area (Å²) in [6.45, 7) is 1.19. The van der Waals surface area contributed by atoms with Gasteiger partial charge in [0.1, 0.15) is 6.10 Å². The Balaban J connectivity index is 2.76. The molecule has 0 aliphatic carbocycles. The lowest BCUT2D eigenvalue weighted by Gasteiger charge is -2.14. The number of pyridine rings is 1. The van der Waals surface area contributed by atoms with Crippen LogP contribution in [0.5, 0.6) is 5.88 Å². The molecular weight excluding hydrogens is 227 g/mol. The first-order chi connectivity index (χ1) is 7.30. The predicted octanol–water partition coefficient (Wildman–Crippen LogP) is 0.618. The number of aromatic nitrogens is 1. The lowest BCUT2D eigenvalue weighted by atomic mass is 10.3. The van der Waals surface area contributed by atoms with Crippen LogP contribution in [0.15, 0.2) is 18.3 Å². The van der Waals surface area contributed by atoms with Gasteiger partial charge in [0.25, 0.3) is 0 Å². The maximum Gasteiger partial charge on any atom is 0.417 e. The van der Waals surface area contributed by atoms with Crippen LogP contribution in [0.1, 0.15) is 12.5 Å². The van der Waals surface area contributed by atoms with Crippen molar-refractivity contribution < 1.29 is 27.8 Å². The Labute approximate surface area is 88.7 Å². The van der Waals surface area contributed by atoms with Crippen LogP contribution in [0.3, 0.4) is 0 Å². The summed E-state index contributed by atoms with van der Waals surface area (Å²) in [5, 5.41) is 10.3. The van der Waals surface area contributed by atoms with Gasteiger partial charge in [-0.3, -0.25) is 0 Å². The number of hydrogen-bond acceptors (Lipinski definition) is 4. The summed E-state index contributed by atoms with van der Waals surface area (Å²) < 4.78 is 41.1. The van der Waals surface area contributed by atoms with Crippen molar-refractivity contribution >= 4 is 5.97 Å². The maximum absolute atomic E-state index is 12.1. The Morgan fingerprint density at radius 2 is 2.12 bits per heavy atom. The molecular formula is C9H7F3NO3-. The quantitative estimate of drug-likeness (QED) is 0.769. The first-order valence-corrected chi connectivity index (χ1v) is 4.21. The second-order valence-corrected chi connectivity index (χ2v) is 2.96. The van der Waals surface area contributed by atoms with Crippen LogP contribution in [0, 0.1) is 0 Å². The summed E-state index contributed by atoms with van der Waals surface area (Å²) in [7, 11) is 0. The molecule has 0 aliphatic heterocycles. The van der Waals surface area contributed by atoms with Crippen molar-refractivity contribution in [1.29, 1.82) is 0 Å². The minimum atomic E-state index is -4.48. The molecule has 88 valence electrons. The number of nitrogens with zero attached hydrogens (tertiary/aromatic N) is 1. The average Bonchev–Trinajstić information content (AvgIpc) is 2.17. The number of hydrogen-bond donors (Lipinski definition) is 0. The van der Waals surface area contributed by atoms with Gasteiger partial charge in [-0.25, -0.2) is 4.98 Å². The number of carbonyl (C=O) groups is 1. The van der Waals surface area contributed by atoms with Gasteiger partial charge in [0, 0.05) is 12.3 Å². The van der Waals surface area contributed by atoms with E-state index < -0.39 is 23.8 Å². The monoisotopic (exact) mass is 234 g/mol. The lowest BCUT2D eigenvalue weighted by molar-refractivity contribution is -0.312. The van der Waals surface area contributed by atoms with Crippen molar-refractivity contribution in [1.82, 2.24) is 4.98 Å². The lowest BCUT2D eigenvalue weighted by Crippen LogP contribution is -2.37. The third-order valence-electron chi connectivity index (χ3n) is 1.69. The molecule has 16 heavy (non-hydrogen) atoms. The normalized spacial score (nSPS) is 13.2. The van der Waals surface area contributed by atoms with E-state index in [4.69, 9.17) is 4.74 Å². The zero-order valence-electron chi connectivity index (χ0n) is 8.12. The highest BCUT2D eigenvalue weighted by molar-refractivity contribution is 5.69. The number of halogens is 3. The van der Waals surface area contributed by atoms with Crippen molar-refractivity contribution in [2.24, 2.45) is 0 Å². The van der Waals surface area contributed by atoms with E-state index in [0.29, 0.717) is 6.20 Å². The van der Waals surface area contributed by atoms with E-state index in [1.54, 1.807) is 0 Å². The summed E-state index contributed by atoms with van der Waals surface area (Å²) >= 11 is 0. The molecule has 0 bridgehead atoms. The van der Waals surface area contributed by atoms with Crippen LogP contribution >= 0.6 is 0 Å². The molecule has 1 aromatic rings. The molecule has 0 N–H and O–H groups in total. The molecule has 1 atom stereocenters. The fraction of sp³-hybridized carbons (Fsp3) is 0.333. The number of carboxylic acid groups (broad SMARTS) is 1. The van der Waals surface area contributed by atoms with Gasteiger partial charge >= 0.3 is 6.18 Å². The zero-order chi connectivity index (χ0) is 12.3. The van der Waals surface area contributed by atoms with Crippen LogP contribution in [0.25, 0.3) is 0 Å². The molecule has 1 unspecified atom stereocenters. The number of carbonyl (C=O) groups excluding carboxylic acids is 1. The van der Waals surface area contributed by atoms with Crippen molar-refractivity contribution in [2.45, 2.75) is 19.2 Å². The van der Waals surface area contributed by atoms with E-state index >= 15 is 0 Å². The van der Waals surface area contributed by atoms with Gasteiger partial charge in [-0.05, 0) is 13.0 Å². The van der Waals surface area contributed by atoms with E-state index in [-0.39, 0.29) is 5.88 Å². The SMILES string of the molecule is CC(Oc1ccc(C(F)(F)F)cn1)C(=O)[O-]. The Bertz CT molecular complexity index is 375. The van der Waals surface area contributed by atoms with Crippen LogP contribution in [-0.4, -0.2) is 17.1 Å². The highest BCUT2D eigenvalue weighted by Crippen LogP contribution is 2.29. The Morgan fingerprint density at radius 1 is 1.50 bits per heavy atom. The topological polar surface area (TPSA) is 62.2 Å². The highest BCUT2D eigenvalue weighted by Gasteiger charge is 2.30. The largest absolute Gasteiger partial charge is 0.546 e. The van der Waals surface area contributed by atoms with Gasteiger partial charge in [-0.15, -0.1) is 0 Å². The molecule has 0 amide bonds. The van der Waals surface area contributed by atoms with Crippen molar-refractivity contribution in [2.75, 3.05) is 0 Å². The molecule has 0 aromatic carbocycles. The van der Waals surface area contributed by atoms with E-state index in [2.05, 4.69) is 4.98 Å². The van der Waals surface area contributed by atoms with Gasteiger partial charge in [-0.1, -0.05) is 0 Å². The number of alkyl halides is 3. The molecule has 0 radical (unpaired) electrons. The molecule has 1 aromatic heterocycles. The third-order valence-corrected chi connectivity index (χ3v) is 1.69. The molecule has 0 fully saturated rings. The Morgan fingerprint density at radius 3 is 2.50 bits per heavy atom. The van der Waals surface area contributed by atoms with E-state index in [9.17, 15) is 23.1 Å². The van der Waals surface area contributed by atoms with Crippen LogP contribution in [0.4, 0.5) is 13.2 Å². The van der Waals surface area contributed by atoms with Crippen molar-refractivity contribution in [3.05, 3.63) is 23.9 Å². The number of carboxylic acids is 1. The molecule has 0 aliphatic rings. The number of aliphatic carboxylic acids is 1. The summed E-state index contributed by atoms with van der Waals surface area (Å²) in [6.07, 6.45) is -5.19. The van der Waals surface area contributed by atoms with Gasteiger partial charge in [0.15, 0.2) is 0 Å². The Kier molecular flexibility index (Phi) is 3.36. The summed E-state index contributed by atoms with van der Waals surface area (Å²) in [5.41, 5.74) is -0.930. The first kappa shape index (κ1) is 12.3. The average molecular weight is 234 g/mol. The van der Waals surface area contributed by atoms with Crippen molar-refractivity contribution in [3.8, 4) is 5.88 Å². The number of rotatable bonds is 3. The predicted molar refractivity (Wildman–Crippen MR) is 44.3 cm³/mol. The third kappa shape index (κ3) is 3.11. The van der Waals surface area contributed by atoms with Gasteiger partial charge in [0.05, 0.1) is 11.5 Å². The molecule has 1 heterocycles. The van der Waals surface area contributed by atoms with Crippen LogP contribution in [-0.2, 0) is 11.0 Å². The van der Waals surface area contributed by atoms with Gasteiger partial charge in [0.2, 0.25) is 5.88 Å². The second kappa shape index (κ2) is 4.38. The summed E-state index contributed by atoms with van der Waals surface area (Å²) in [4.78, 5) is 13.6. The minimum absolute atomic E-state index is 0.204. The first-order valence-electron chi connectivity index (χ1n) is 4.21. The molecule has 0 saturated carbocycles. The van der Waals surface area contributed by atoms with Crippen LogP contribution in [0.2, 0.25) is 0 Å². The minimum Gasteiger partial charge on any atom is -0.546 e. The fourth-order valence-electron chi connectivity index (χ4n) is 0.847. The molecule has 0 saturated heterocycles. The van der Waals surface area contributed by atoms with Gasteiger partial charge in [-0.2, -0.15) is 13.2 Å². The standard InChI is InChI=1S/C9H8F3NO3/c1-5(8(14)15)16-7-3-2-6(4-13-7)9(10,11)12/h2-5H,1H3,(H,14,15)/p-1. The van der Waals surface area contributed by atoms with E-state index in [0.717, 1.165) is 12.1 Å². The highest BCUT2D eigenvalue weighted by atomic mass is 19.4. The number of ether oxygens (including phenoxy) is 1. The molecule has 0 spiro atoms. The molecule has 7 heteroatoms. The van der Waals surface area contributed by atoms with Crippen molar-refractivity contribution in [3.63, 3.8) is 0 Å². The van der Waals surface area contributed by atoms with E-state index in [1.807, 2.05) is 0 Å². The van der Waals surface area contributed by atoms with Crippen LogP contribution < -0.4 is 9.84 Å². The Hall–Kier alpha value is -1.79. The molecule has 1 rings (SSSR count). The second-order valence-electron chi connectivity index (χ2n) is 2.96. The summed E-state index contributed by atoms with van der Waals surface area (Å²) in [6, 6.07) is 1.70. The smallest absolute Gasteiger partial charge is 0.417 e. The fourth-order valence-corrected chi connectivity index (χ4v) is 0.847. The summed E-state index contributed by atoms with van der Waals surface area (Å²) in [5.74, 6) is -1.67.